The summed E-state index contributed by atoms with van der Waals surface area (Å²) in [5.41, 5.74) is 0. The van der Waals surface area contributed by atoms with Crippen LogP contribution in [0.25, 0.3) is 0 Å². The molecule has 2 unspecified atom stereocenters. The second-order valence-corrected chi connectivity index (χ2v) is 20.8. The first-order chi connectivity index (χ1) is 17.5. The average Bonchev–Trinajstić information content (AvgIpc) is 2.83. The van der Waals surface area contributed by atoms with Gasteiger partial charge >= 0.3 is 0 Å². The number of aliphatic hydroxyl groups excluding tert-OH is 2. The lowest BCUT2D eigenvalue weighted by atomic mass is 10.1. The highest BCUT2D eigenvalue weighted by molar-refractivity contribution is 6.84. The molecule has 0 amide bonds. The van der Waals surface area contributed by atoms with Gasteiger partial charge in [-0.15, -0.1) is 0 Å². The molecule has 0 saturated carbocycles. The van der Waals surface area contributed by atoms with Crippen LogP contribution in [-0.2, 0) is 13.6 Å². The van der Waals surface area contributed by atoms with Crippen LogP contribution in [0, 0.1) is 0 Å². The normalized spacial score (nSPS) is 14.4. The van der Waals surface area contributed by atoms with Crippen LogP contribution in [0.4, 0.5) is 0 Å². The van der Waals surface area contributed by atoms with Gasteiger partial charge in [0.1, 0.15) is 0 Å². The summed E-state index contributed by atoms with van der Waals surface area (Å²) >= 11 is 0. The van der Waals surface area contributed by atoms with Crippen LogP contribution in [0.5, 0.6) is 0 Å². The van der Waals surface area contributed by atoms with Gasteiger partial charge in [-0.25, -0.2) is 0 Å². The molecule has 0 saturated heterocycles. The number of rotatable bonds is 27. The van der Waals surface area contributed by atoms with E-state index in [2.05, 4.69) is 50.4 Å². The molecule has 0 radical (unpaired) electrons. The summed E-state index contributed by atoms with van der Waals surface area (Å²) in [5, 5.41) is 23.2. The van der Waals surface area contributed by atoms with Gasteiger partial charge in [0, 0.05) is 13.2 Å². The zero-order valence-electron chi connectivity index (χ0n) is 25.7. The number of aliphatic hydroxyl groups is 2. The fourth-order valence-electron chi connectivity index (χ4n) is 4.40. The smallest absolute Gasteiger partial charge is 0.173 e. The van der Waals surface area contributed by atoms with Crippen molar-refractivity contribution < 1.29 is 23.8 Å². The molecule has 0 spiro atoms. The van der Waals surface area contributed by atoms with Crippen molar-refractivity contribution in [3.05, 3.63) is 0 Å². The lowest BCUT2D eigenvalue weighted by Gasteiger charge is -2.34. The van der Waals surface area contributed by atoms with E-state index >= 15 is 0 Å². The molecular formula is C28H64N2O5Si2. The Morgan fingerprint density at radius 3 is 1.84 bits per heavy atom. The van der Waals surface area contributed by atoms with E-state index in [1.807, 2.05) is 6.92 Å². The zero-order chi connectivity index (χ0) is 28.0. The Hall–Kier alpha value is 0.154. The fraction of sp³-hybridized carbons (Fsp3) is 1.00. The molecule has 2 atom stereocenters. The maximum Gasteiger partial charge on any atom is 0.173 e. The Labute approximate surface area is 232 Å². The molecule has 0 heterocycles. The molecule has 0 bridgehead atoms. The number of hydrogen-bond acceptors (Lipinski definition) is 7. The topological polar surface area (TPSA) is 83.4 Å². The molecule has 9 heteroatoms. The van der Waals surface area contributed by atoms with Crippen molar-refractivity contribution in [1.82, 2.24) is 10.2 Å². The molecule has 0 aliphatic heterocycles. The molecule has 3 N–H and O–H groups in total. The summed E-state index contributed by atoms with van der Waals surface area (Å²) in [7, 11) is -1.27. The summed E-state index contributed by atoms with van der Waals surface area (Å²) in [6.07, 6.45) is 9.18. The second-order valence-electron chi connectivity index (χ2n) is 11.9. The number of nitrogens with one attached hydrogen (secondary N) is 1. The van der Waals surface area contributed by atoms with Crippen LogP contribution in [0.15, 0.2) is 0 Å². The molecule has 0 aromatic carbocycles. The van der Waals surface area contributed by atoms with Gasteiger partial charge in [0.15, 0.2) is 16.6 Å². The Kier molecular flexibility index (Phi) is 23.0. The summed E-state index contributed by atoms with van der Waals surface area (Å²) < 4.78 is 18.0. The minimum Gasteiger partial charge on any atom is -0.455 e. The Morgan fingerprint density at radius 2 is 1.27 bits per heavy atom. The molecule has 224 valence electrons. The maximum atomic E-state index is 10.2. The molecule has 0 rings (SSSR count). The molecular weight excluding hydrogens is 500 g/mol. The number of unbranched alkanes of at least 4 members (excludes halogenated alkanes) is 4. The third-order valence-corrected chi connectivity index (χ3v) is 14.4. The molecule has 37 heavy (non-hydrogen) atoms. The highest BCUT2D eigenvalue weighted by atomic mass is 28.4. The minimum absolute atomic E-state index is 0.347. The molecule has 0 aromatic rings. The van der Waals surface area contributed by atoms with Gasteiger partial charge in [-0.2, -0.15) is 0 Å². The van der Waals surface area contributed by atoms with E-state index in [0.29, 0.717) is 26.4 Å². The summed E-state index contributed by atoms with van der Waals surface area (Å²) in [6.45, 7) is 19.9. The van der Waals surface area contributed by atoms with Gasteiger partial charge in [0.05, 0.1) is 25.4 Å². The quantitative estimate of drug-likeness (QED) is 0.0929. The summed E-state index contributed by atoms with van der Waals surface area (Å²) in [4.78, 5) is 2.37. The number of hydrogen-bond donors (Lipinski definition) is 3. The second kappa shape index (κ2) is 22.9. The van der Waals surface area contributed by atoms with E-state index in [4.69, 9.17) is 13.6 Å². The van der Waals surface area contributed by atoms with Crippen LogP contribution in [0.3, 0.4) is 0 Å². The van der Waals surface area contributed by atoms with E-state index in [1.165, 1.54) is 38.6 Å². The minimum atomic E-state index is -1.73. The van der Waals surface area contributed by atoms with Gasteiger partial charge in [-0.3, -0.25) is 0 Å². The van der Waals surface area contributed by atoms with E-state index in [9.17, 15) is 10.2 Å². The van der Waals surface area contributed by atoms with Crippen LogP contribution >= 0.6 is 0 Å². The van der Waals surface area contributed by atoms with E-state index in [1.54, 1.807) is 0 Å². The Bertz CT molecular complexity index is 515. The molecule has 0 aromatic heterocycles. The van der Waals surface area contributed by atoms with E-state index in [0.717, 1.165) is 57.4 Å². The highest BCUT2D eigenvalue weighted by Crippen LogP contribution is 2.24. The van der Waals surface area contributed by atoms with Crippen molar-refractivity contribution in [2.24, 2.45) is 0 Å². The van der Waals surface area contributed by atoms with Crippen LogP contribution in [0.2, 0.25) is 38.3 Å². The monoisotopic (exact) mass is 564 g/mol. The van der Waals surface area contributed by atoms with Crippen molar-refractivity contribution in [3.8, 4) is 0 Å². The molecule has 0 aliphatic carbocycles. The van der Waals surface area contributed by atoms with Gasteiger partial charge in [-0.05, 0) is 110 Å². The Morgan fingerprint density at radius 1 is 0.730 bits per heavy atom. The highest BCUT2D eigenvalue weighted by Gasteiger charge is 2.32. The first-order valence-corrected chi connectivity index (χ1v) is 21.4. The van der Waals surface area contributed by atoms with Crippen molar-refractivity contribution >= 4 is 16.6 Å². The van der Waals surface area contributed by atoms with Gasteiger partial charge < -0.3 is 34.0 Å². The van der Waals surface area contributed by atoms with Crippen molar-refractivity contribution in [3.63, 3.8) is 0 Å². The first kappa shape index (κ1) is 37.2. The fourth-order valence-corrected chi connectivity index (χ4v) is 13.2. The van der Waals surface area contributed by atoms with E-state index in [-0.39, 0.29) is 6.10 Å². The predicted molar refractivity (Wildman–Crippen MR) is 163 cm³/mol. The standard InChI is InChI=1S/C28H64N2O5Si2/c1-8-27(31)25-33-21-15-23-36(4,5)35-37(6,7)24-16-22-34-26-28(32)17-19-29-18-13-11-10-12-14-20-30(3)9-2/h27-29,31-32H,8-26H2,1-7H3. The largest absolute Gasteiger partial charge is 0.455 e. The van der Waals surface area contributed by atoms with Crippen LogP contribution < -0.4 is 5.32 Å². The van der Waals surface area contributed by atoms with Crippen molar-refractivity contribution in [1.29, 1.82) is 0 Å². The van der Waals surface area contributed by atoms with Crippen LogP contribution in [-0.4, -0.2) is 104 Å². The Balaban J connectivity index is 3.69. The summed E-state index contributed by atoms with van der Waals surface area (Å²) in [6, 6.07) is 2.16. The van der Waals surface area contributed by atoms with Gasteiger partial charge in [0.2, 0.25) is 0 Å². The van der Waals surface area contributed by atoms with Crippen molar-refractivity contribution in [2.45, 2.75) is 122 Å². The number of nitrogens with zero attached hydrogens (tertiary/aromatic N) is 1. The SMILES string of the molecule is CCC(O)COCCC[Si](C)(C)O[Si](C)(C)CCCOCC(O)CCNCCCCCCCN(C)CC. The molecule has 0 aliphatic rings. The maximum absolute atomic E-state index is 10.2. The zero-order valence-corrected chi connectivity index (χ0v) is 27.7. The third kappa shape index (κ3) is 24.9. The van der Waals surface area contributed by atoms with E-state index < -0.39 is 22.7 Å². The molecule has 7 nitrogen and oxygen atoms in total. The molecule has 0 fully saturated rings. The predicted octanol–water partition coefficient (Wildman–Crippen LogP) is 5.24. The number of ether oxygens (including phenoxy) is 2. The third-order valence-electron chi connectivity index (χ3n) is 6.87. The van der Waals surface area contributed by atoms with Crippen LogP contribution in [0.1, 0.15) is 71.6 Å². The van der Waals surface area contributed by atoms with Crippen molar-refractivity contribution in [2.75, 3.05) is 59.7 Å². The lowest BCUT2D eigenvalue weighted by molar-refractivity contribution is 0.0329. The lowest BCUT2D eigenvalue weighted by Crippen LogP contribution is -2.44. The van der Waals surface area contributed by atoms with Gasteiger partial charge in [-0.1, -0.05) is 33.1 Å². The average molecular weight is 565 g/mol. The van der Waals surface area contributed by atoms with Gasteiger partial charge in [0.25, 0.3) is 0 Å². The first-order valence-electron chi connectivity index (χ1n) is 15.1. The summed E-state index contributed by atoms with van der Waals surface area (Å²) in [5.74, 6) is 0.